The number of phosphoric acid groups is 1. The lowest BCUT2D eigenvalue weighted by molar-refractivity contribution is -0.870. The molecule has 0 fully saturated rings. The number of aliphatic carboxylic acids is 1. The molecule has 0 spiro atoms. The first-order chi connectivity index (χ1) is 21.2. The Morgan fingerprint density at radius 3 is 1.80 bits per heavy atom. The topological polar surface area (TPSA) is 166 Å². The fourth-order valence-corrected chi connectivity index (χ4v) is 4.93. The third kappa shape index (κ3) is 30.3. The summed E-state index contributed by atoms with van der Waals surface area (Å²) in [7, 11) is 0.909. The molecule has 0 saturated heterocycles. The second-order valence-electron chi connectivity index (χ2n) is 12.4. The summed E-state index contributed by atoms with van der Waals surface area (Å²) in [6, 6.07) is 0. The molecule has 0 heterocycles. The van der Waals surface area contributed by atoms with Gasteiger partial charge >= 0.3 is 17.9 Å². The zero-order chi connectivity index (χ0) is 34.0. The quantitative estimate of drug-likeness (QED) is 0.0339. The maximum absolute atomic E-state index is 12.3. The minimum Gasteiger partial charge on any atom is -0.756 e. The van der Waals surface area contributed by atoms with E-state index in [2.05, 4.69) is 6.92 Å². The van der Waals surface area contributed by atoms with Gasteiger partial charge in [0, 0.05) is 25.3 Å². The van der Waals surface area contributed by atoms with Gasteiger partial charge in [0.05, 0.1) is 27.7 Å². The number of quaternary nitrogens is 1. The number of carbonyl (C=O) groups excluding carboxylic acids is 3. The van der Waals surface area contributed by atoms with E-state index in [0.717, 1.165) is 25.3 Å². The molecule has 262 valence electrons. The minimum atomic E-state index is -4.71. The molecule has 0 aromatic carbocycles. The number of hydrogen-bond acceptors (Lipinski definition) is 10. The fraction of sp³-hybridized carbons (Fsp3) is 0.812. The molecule has 12 nitrogen and oxygen atoms in total. The van der Waals surface area contributed by atoms with Gasteiger partial charge in [-0.15, -0.1) is 0 Å². The zero-order valence-electron chi connectivity index (χ0n) is 28.0. The van der Waals surface area contributed by atoms with E-state index in [1.165, 1.54) is 57.8 Å². The predicted octanol–water partition coefficient (Wildman–Crippen LogP) is 5.51. The number of esters is 2. The van der Waals surface area contributed by atoms with E-state index >= 15 is 0 Å². The summed E-state index contributed by atoms with van der Waals surface area (Å²) in [5.41, 5.74) is 0. The number of ketones is 1. The average Bonchev–Trinajstić information content (AvgIpc) is 2.95. The van der Waals surface area contributed by atoms with Gasteiger partial charge in [-0.25, -0.2) is 4.79 Å². The van der Waals surface area contributed by atoms with Gasteiger partial charge in [0.15, 0.2) is 11.9 Å². The van der Waals surface area contributed by atoms with E-state index in [9.17, 15) is 28.6 Å². The second kappa shape index (κ2) is 26.0. The van der Waals surface area contributed by atoms with E-state index in [1.54, 1.807) is 0 Å². The molecule has 0 amide bonds. The molecule has 0 aromatic rings. The Balaban J connectivity index is 4.53. The van der Waals surface area contributed by atoms with Crippen molar-refractivity contribution in [3.63, 3.8) is 0 Å². The number of carboxylic acids is 1. The number of likely N-dealkylation sites (N-methyl/N-ethyl adjacent to an activating group) is 1. The summed E-state index contributed by atoms with van der Waals surface area (Å²) in [5.74, 6) is -2.96. The minimum absolute atomic E-state index is 0.0793. The third-order valence-electron chi connectivity index (χ3n) is 6.86. The highest BCUT2D eigenvalue weighted by Gasteiger charge is 2.22. The average molecular weight is 664 g/mol. The Labute approximate surface area is 270 Å². The third-order valence-corrected chi connectivity index (χ3v) is 7.82. The van der Waals surface area contributed by atoms with E-state index in [0.29, 0.717) is 23.5 Å². The molecule has 45 heavy (non-hydrogen) atoms. The van der Waals surface area contributed by atoms with Crippen LogP contribution in [0.3, 0.4) is 0 Å². The van der Waals surface area contributed by atoms with Crippen molar-refractivity contribution in [2.45, 2.75) is 122 Å². The van der Waals surface area contributed by atoms with Crippen molar-refractivity contribution in [2.75, 3.05) is 47.5 Å². The SMILES string of the molecule is CCCCCCCCCCCCCCCC(=O)OCC(COP(=O)([O-])OCC[N+](C)(C)C)OC(=O)CCCC(=O)/C=C/C(=O)O. The highest BCUT2D eigenvalue weighted by Crippen LogP contribution is 2.38. The molecule has 0 aliphatic rings. The Morgan fingerprint density at radius 2 is 1.27 bits per heavy atom. The first-order valence-corrected chi connectivity index (χ1v) is 17.9. The van der Waals surface area contributed by atoms with Crippen LogP contribution in [0.25, 0.3) is 0 Å². The molecule has 2 atom stereocenters. The van der Waals surface area contributed by atoms with Crippen molar-refractivity contribution in [3.05, 3.63) is 12.2 Å². The molecule has 0 radical (unpaired) electrons. The zero-order valence-corrected chi connectivity index (χ0v) is 28.9. The molecule has 0 aromatic heterocycles. The first kappa shape index (κ1) is 42.9. The number of rotatable bonds is 30. The van der Waals surface area contributed by atoms with Crippen LogP contribution < -0.4 is 4.89 Å². The summed E-state index contributed by atoms with van der Waals surface area (Å²) in [6.45, 7) is 1.52. The monoisotopic (exact) mass is 663 g/mol. The highest BCUT2D eigenvalue weighted by atomic mass is 31.2. The number of carbonyl (C=O) groups is 4. The largest absolute Gasteiger partial charge is 0.756 e. The van der Waals surface area contributed by atoms with Gasteiger partial charge in [0.2, 0.25) is 0 Å². The lowest BCUT2D eigenvalue weighted by atomic mass is 10.0. The number of carboxylic acid groups (broad SMARTS) is 1. The maximum atomic E-state index is 12.3. The van der Waals surface area contributed by atoms with Crippen LogP contribution in [0.5, 0.6) is 0 Å². The summed E-state index contributed by atoms with van der Waals surface area (Å²) >= 11 is 0. The van der Waals surface area contributed by atoms with Crippen LogP contribution in [0.15, 0.2) is 12.2 Å². The predicted molar refractivity (Wildman–Crippen MR) is 169 cm³/mol. The Kier molecular flexibility index (Phi) is 24.8. The van der Waals surface area contributed by atoms with E-state index in [-0.39, 0.29) is 32.3 Å². The second-order valence-corrected chi connectivity index (χ2v) is 13.8. The van der Waals surface area contributed by atoms with Crippen LogP contribution in [0.2, 0.25) is 0 Å². The van der Waals surface area contributed by atoms with Gasteiger partial charge in [-0.2, -0.15) is 0 Å². The van der Waals surface area contributed by atoms with Crippen molar-refractivity contribution in [3.8, 4) is 0 Å². The van der Waals surface area contributed by atoms with Crippen LogP contribution in [-0.2, 0) is 42.3 Å². The van der Waals surface area contributed by atoms with Crippen molar-refractivity contribution in [1.82, 2.24) is 0 Å². The van der Waals surface area contributed by atoms with Gasteiger partial charge in [-0.05, 0) is 18.9 Å². The Hall–Kier alpha value is -2.11. The molecule has 0 aliphatic carbocycles. The van der Waals surface area contributed by atoms with E-state index in [4.69, 9.17) is 23.6 Å². The van der Waals surface area contributed by atoms with Crippen molar-refractivity contribution >= 4 is 31.5 Å². The summed E-state index contributed by atoms with van der Waals surface area (Å²) in [6.07, 6.45) is 15.8. The van der Waals surface area contributed by atoms with Crippen LogP contribution in [0, 0.1) is 0 Å². The van der Waals surface area contributed by atoms with Gasteiger partial charge < -0.3 is 33.0 Å². The smallest absolute Gasteiger partial charge is 0.328 e. The van der Waals surface area contributed by atoms with Gasteiger partial charge in [0.25, 0.3) is 7.82 Å². The standard InChI is InChI=1S/C32H58NO11P/c1-5-6-7-8-9-10-11-12-13-14-15-16-17-20-31(37)41-26-29(27-43-45(39,40)42-25-24-33(2,3)4)44-32(38)21-18-19-28(34)22-23-30(35)36/h22-23,29H,5-21,24-27H2,1-4H3,(H-,35,36,39,40)/b23-22+. The molecule has 0 bridgehead atoms. The summed E-state index contributed by atoms with van der Waals surface area (Å²) in [4.78, 5) is 59.0. The maximum Gasteiger partial charge on any atom is 0.328 e. The van der Waals surface area contributed by atoms with Gasteiger partial charge in [-0.1, -0.05) is 84.0 Å². The molecule has 2 unspecified atom stereocenters. The van der Waals surface area contributed by atoms with Crippen LogP contribution >= 0.6 is 7.82 Å². The number of unbranched alkanes of at least 4 members (excludes halogenated alkanes) is 12. The molecule has 0 aliphatic heterocycles. The Morgan fingerprint density at radius 1 is 0.733 bits per heavy atom. The first-order valence-electron chi connectivity index (χ1n) is 16.4. The van der Waals surface area contributed by atoms with Gasteiger partial charge in [0.1, 0.15) is 19.8 Å². The lowest BCUT2D eigenvalue weighted by Gasteiger charge is -2.28. The number of hydrogen-bond donors (Lipinski definition) is 1. The van der Waals surface area contributed by atoms with E-state index in [1.807, 2.05) is 21.1 Å². The number of ether oxygens (including phenoxy) is 2. The van der Waals surface area contributed by atoms with Crippen LogP contribution in [0.4, 0.5) is 0 Å². The Bertz CT molecular complexity index is 917. The summed E-state index contributed by atoms with van der Waals surface area (Å²) in [5, 5.41) is 8.58. The molecule has 13 heteroatoms. The highest BCUT2D eigenvalue weighted by molar-refractivity contribution is 7.45. The van der Waals surface area contributed by atoms with Crippen molar-refractivity contribution < 1.29 is 56.7 Å². The van der Waals surface area contributed by atoms with Crippen molar-refractivity contribution in [2.24, 2.45) is 0 Å². The lowest BCUT2D eigenvalue weighted by Crippen LogP contribution is -2.37. The molecular formula is C32H58NO11P. The van der Waals surface area contributed by atoms with Crippen molar-refractivity contribution in [1.29, 1.82) is 0 Å². The van der Waals surface area contributed by atoms with Crippen LogP contribution in [-0.4, -0.2) is 86.9 Å². The number of phosphoric ester groups is 1. The molecule has 0 saturated carbocycles. The van der Waals surface area contributed by atoms with Crippen LogP contribution in [0.1, 0.15) is 116 Å². The summed E-state index contributed by atoms with van der Waals surface area (Å²) < 4.78 is 33.0. The normalized spacial score (nSPS) is 13.8. The fourth-order valence-electron chi connectivity index (χ4n) is 4.20. The number of nitrogens with zero attached hydrogens (tertiary/aromatic N) is 1. The number of allylic oxidation sites excluding steroid dienone is 1. The molecule has 1 N–H and O–H groups in total. The molecule has 0 rings (SSSR count). The van der Waals surface area contributed by atoms with Gasteiger partial charge in [-0.3, -0.25) is 18.9 Å². The van der Waals surface area contributed by atoms with E-state index < -0.39 is 50.8 Å². The molecular weight excluding hydrogens is 605 g/mol.